The van der Waals surface area contributed by atoms with Gasteiger partial charge in [-0.25, -0.2) is 9.97 Å². The Morgan fingerprint density at radius 2 is 2.30 bits per heavy atom. The van der Waals surface area contributed by atoms with Crippen molar-refractivity contribution < 1.29 is 9.47 Å². The molecule has 1 aromatic rings. The van der Waals surface area contributed by atoms with E-state index in [2.05, 4.69) is 22.2 Å². The Balaban J connectivity index is 2.06. The lowest BCUT2D eigenvalue weighted by molar-refractivity contribution is 0.00394. The van der Waals surface area contributed by atoms with Crippen molar-refractivity contribution in [1.82, 2.24) is 9.97 Å². The number of aryl methyl sites for hydroxylation is 1. The molecule has 1 aromatic heterocycles. The van der Waals surface area contributed by atoms with Gasteiger partial charge in [0.25, 0.3) is 0 Å². The summed E-state index contributed by atoms with van der Waals surface area (Å²) in [5.41, 5.74) is 0.953. The number of rotatable bonds is 6. The molecule has 0 aliphatic carbocycles. The van der Waals surface area contributed by atoms with Crippen LogP contribution in [0, 0.1) is 6.92 Å². The van der Waals surface area contributed by atoms with Gasteiger partial charge in [-0.05, 0) is 32.6 Å². The van der Waals surface area contributed by atoms with Crippen LogP contribution < -0.4 is 5.32 Å². The number of nitrogens with one attached hydrogen (secondary N) is 1. The maximum atomic E-state index is 5.88. The van der Waals surface area contributed by atoms with E-state index in [9.17, 15) is 0 Å². The van der Waals surface area contributed by atoms with Crippen LogP contribution in [0.2, 0.25) is 0 Å². The molecular weight excluding hydrogens is 254 g/mol. The maximum Gasteiger partial charge on any atom is 0.156 e. The molecule has 5 heteroatoms. The van der Waals surface area contributed by atoms with E-state index in [4.69, 9.17) is 9.47 Å². The summed E-state index contributed by atoms with van der Waals surface area (Å²) in [6, 6.07) is 2.28. The van der Waals surface area contributed by atoms with E-state index in [1.807, 2.05) is 13.0 Å². The molecule has 20 heavy (non-hydrogen) atoms. The molecule has 5 nitrogen and oxygen atoms in total. The van der Waals surface area contributed by atoms with Gasteiger partial charge in [0.1, 0.15) is 12.4 Å². The van der Waals surface area contributed by atoms with Crippen molar-refractivity contribution in [3.63, 3.8) is 0 Å². The van der Waals surface area contributed by atoms with Gasteiger partial charge in [0.15, 0.2) is 5.82 Å². The summed E-state index contributed by atoms with van der Waals surface area (Å²) >= 11 is 0. The summed E-state index contributed by atoms with van der Waals surface area (Å²) in [7, 11) is 1.66. The van der Waals surface area contributed by atoms with E-state index in [1.54, 1.807) is 7.11 Å². The van der Waals surface area contributed by atoms with Crippen LogP contribution in [0.25, 0.3) is 0 Å². The third-order valence-electron chi connectivity index (χ3n) is 3.61. The topological polar surface area (TPSA) is 56.3 Å². The zero-order valence-corrected chi connectivity index (χ0v) is 12.7. The predicted molar refractivity (Wildman–Crippen MR) is 78.8 cm³/mol. The van der Waals surface area contributed by atoms with Gasteiger partial charge < -0.3 is 14.8 Å². The van der Waals surface area contributed by atoms with Crippen LogP contribution in [-0.4, -0.2) is 35.8 Å². The van der Waals surface area contributed by atoms with Gasteiger partial charge in [0.2, 0.25) is 0 Å². The first kappa shape index (κ1) is 15.2. The third-order valence-corrected chi connectivity index (χ3v) is 3.61. The van der Waals surface area contributed by atoms with Crippen LogP contribution >= 0.6 is 0 Å². The molecule has 0 bridgehead atoms. The molecular formula is C15H25N3O2. The molecule has 0 amide bonds. The summed E-state index contributed by atoms with van der Waals surface area (Å²) in [6.07, 6.45) is 4.86. The first-order chi connectivity index (χ1) is 9.72. The highest BCUT2D eigenvalue weighted by Gasteiger charge is 2.23. The van der Waals surface area contributed by atoms with E-state index in [0.29, 0.717) is 12.6 Å². The SMILES string of the molecule is CCC(Nc1cc(C)nc(COC)n1)C1CCCCO1. The van der Waals surface area contributed by atoms with Crippen LogP contribution in [0.1, 0.15) is 44.1 Å². The summed E-state index contributed by atoms with van der Waals surface area (Å²) < 4.78 is 11.0. The fraction of sp³-hybridized carbons (Fsp3) is 0.733. The van der Waals surface area contributed by atoms with E-state index < -0.39 is 0 Å². The quantitative estimate of drug-likeness (QED) is 0.867. The number of hydrogen-bond acceptors (Lipinski definition) is 5. The van der Waals surface area contributed by atoms with Gasteiger partial charge in [-0.2, -0.15) is 0 Å². The van der Waals surface area contributed by atoms with Gasteiger partial charge in [0, 0.05) is 25.5 Å². The average molecular weight is 279 g/mol. The van der Waals surface area contributed by atoms with Crippen molar-refractivity contribution in [2.45, 2.75) is 58.3 Å². The Labute approximate surface area is 121 Å². The fourth-order valence-electron chi connectivity index (χ4n) is 2.63. The zero-order chi connectivity index (χ0) is 14.4. The Kier molecular flexibility index (Phi) is 5.73. The highest BCUT2D eigenvalue weighted by Crippen LogP contribution is 2.20. The number of aromatic nitrogens is 2. The molecule has 1 aliphatic heterocycles. The van der Waals surface area contributed by atoms with E-state index in [-0.39, 0.29) is 6.10 Å². The minimum absolute atomic E-state index is 0.287. The summed E-state index contributed by atoms with van der Waals surface area (Å²) in [6.45, 7) is 5.47. The zero-order valence-electron chi connectivity index (χ0n) is 12.7. The smallest absolute Gasteiger partial charge is 0.156 e. The molecule has 2 atom stereocenters. The molecule has 0 aromatic carbocycles. The van der Waals surface area contributed by atoms with Crippen LogP contribution in [0.5, 0.6) is 0 Å². The van der Waals surface area contributed by atoms with Crippen LogP contribution in [0.3, 0.4) is 0 Å². The third kappa shape index (κ3) is 4.15. The molecule has 2 unspecified atom stereocenters. The molecule has 0 saturated carbocycles. The Hall–Kier alpha value is -1.20. The van der Waals surface area contributed by atoms with Gasteiger partial charge in [-0.15, -0.1) is 0 Å². The summed E-state index contributed by atoms with van der Waals surface area (Å²) in [4.78, 5) is 8.86. The molecule has 0 spiro atoms. The van der Waals surface area contributed by atoms with Crippen molar-refractivity contribution in [1.29, 1.82) is 0 Å². The van der Waals surface area contributed by atoms with E-state index >= 15 is 0 Å². The highest BCUT2D eigenvalue weighted by atomic mass is 16.5. The van der Waals surface area contributed by atoms with E-state index in [0.717, 1.165) is 36.8 Å². The number of ether oxygens (including phenoxy) is 2. The number of hydrogen-bond donors (Lipinski definition) is 1. The lowest BCUT2D eigenvalue weighted by Crippen LogP contribution is -2.37. The minimum Gasteiger partial charge on any atom is -0.377 e. The second kappa shape index (κ2) is 7.55. The highest BCUT2D eigenvalue weighted by molar-refractivity contribution is 5.37. The van der Waals surface area contributed by atoms with Crippen molar-refractivity contribution in [3.05, 3.63) is 17.6 Å². The van der Waals surface area contributed by atoms with Gasteiger partial charge >= 0.3 is 0 Å². The molecule has 2 rings (SSSR count). The van der Waals surface area contributed by atoms with Crippen LogP contribution in [0.4, 0.5) is 5.82 Å². The Bertz CT molecular complexity index is 420. The number of anilines is 1. The van der Waals surface area contributed by atoms with Crippen LogP contribution in [0.15, 0.2) is 6.07 Å². The normalized spacial score (nSPS) is 20.6. The molecule has 1 N–H and O–H groups in total. The molecule has 0 radical (unpaired) electrons. The lowest BCUT2D eigenvalue weighted by atomic mass is 10.00. The second-order valence-corrected chi connectivity index (χ2v) is 5.31. The maximum absolute atomic E-state index is 5.88. The monoisotopic (exact) mass is 279 g/mol. The van der Waals surface area contributed by atoms with Crippen molar-refractivity contribution in [2.75, 3.05) is 19.0 Å². The standard InChI is InChI=1S/C15H25N3O2/c1-4-12(13-7-5-6-8-20-13)17-14-9-11(2)16-15(18-14)10-19-3/h9,12-13H,4-8,10H2,1-3H3,(H,16,17,18). The van der Waals surface area contributed by atoms with Gasteiger partial charge in [-0.3, -0.25) is 0 Å². The molecule has 112 valence electrons. The number of methoxy groups -OCH3 is 1. The van der Waals surface area contributed by atoms with E-state index in [1.165, 1.54) is 12.8 Å². The second-order valence-electron chi connectivity index (χ2n) is 5.31. The lowest BCUT2D eigenvalue weighted by Gasteiger charge is -2.30. The molecule has 1 fully saturated rings. The largest absolute Gasteiger partial charge is 0.377 e. The first-order valence-corrected chi connectivity index (χ1v) is 7.44. The Morgan fingerprint density at radius 3 is 2.95 bits per heavy atom. The number of nitrogens with zero attached hydrogens (tertiary/aromatic N) is 2. The fourth-order valence-corrected chi connectivity index (χ4v) is 2.63. The van der Waals surface area contributed by atoms with Crippen molar-refractivity contribution in [3.8, 4) is 0 Å². The van der Waals surface area contributed by atoms with Crippen LogP contribution in [-0.2, 0) is 16.1 Å². The first-order valence-electron chi connectivity index (χ1n) is 7.44. The van der Waals surface area contributed by atoms with Crippen molar-refractivity contribution >= 4 is 5.82 Å². The predicted octanol–water partition coefficient (Wildman–Crippen LogP) is 2.69. The molecule has 2 heterocycles. The summed E-state index contributed by atoms with van der Waals surface area (Å²) in [5, 5.41) is 3.51. The van der Waals surface area contributed by atoms with Gasteiger partial charge in [0.05, 0.1) is 12.1 Å². The average Bonchev–Trinajstić information content (AvgIpc) is 2.45. The van der Waals surface area contributed by atoms with Crippen molar-refractivity contribution in [2.24, 2.45) is 0 Å². The molecule has 1 saturated heterocycles. The minimum atomic E-state index is 0.287. The van der Waals surface area contributed by atoms with Gasteiger partial charge in [-0.1, -0.05) is 6.92 Å². The molecule has 1 aliphatic rings. The Morgan fingerprint density at radius 1 is 1.45 bits per heavy atom. The summed E-state index contributed by atoms with van der Waals surface area (Å²) in [5.74, 6) is 1.58.